The van der Waals surface area contributed by atoms with Crippen LogP contribution in [0.25, 0.3) is 0 Å². The molecule has 0 radical (unpaired) electrons. The minimum absolute atomic E-state index is 0.129. The minimum Gasteiger partial charge on any atom is -0.493 e. The summed E-state index contributed by atoms with van der Waals surface area (Å²) in [5.74, 6) is -0.143. The van der Waals surface area contributed by atoms with Gasteiger partial charge in [0, 0.05) is 13.1 Å². The molecular weight excluding hydrogens is 258 g/mol. The van der Waals surface area contributed by atoms with Crippen molar-refractivity contribution < 1.29 is 19.4 Å². The number of methoxy groups -OCH3 is 1. The Morgan fingerprint density at radius 1 is 1.45 bits per heavy atom. The number of rotatable bonds is 5. The fourth-order valence-corrected chi connectivity index (χ4v) is 2.37. The summed E-state index contributed by atoms with van der Waals surface area (Å²) in [5.41, 5.74) is 0.722. The van der Waals surface area contributed by atoms with Crippen molar-refractivity contribution in [3.63, 3.8) is 0 Å². The maximum Gasteiger partial charge on any atom is 0.310 e. The molecule has 2 rings (SSSR count). The number of benzene rings is 1. The lowest BCUT2D eigenvalue weighted by atomic mass is 10.0. The van der Waals surface area contributed by atoms with Crippen molar-refractivity contribution >= 4 is 5.97 Å². The summed E-state index contributed by atoms with van der Waals surface area (Å²) in [6.45, 7) is 3.55. The molecule has 0 bridgehead atoms. The quantitative estimate of drug-likeness (QED) is 0.893. The largest absolute Gasteiger partial charge is 0.493 e. The second-order valence-corrected chi connectivity index (χ2v) is 5.26. The van der Waals surface area contributed by atoms with Gasteiger partial charge < -0.3 is 19.5 Å². The summed E-state index contributed by atoms with van der Waals surface area (Å²) in [6.07, 6.45) is 1.10. The van der Waals surface area contributed by atoms with Crippen LogP contribution in [0.5, 0.6) is 11.5 Å². The van der Waals surface area contributed by atoms with E-state index in [1.165, 1.54) is 0 Å². The Hall–Kier alpha value is -1.75. The summed E-state index contributed by atoms with van der Waals surface area (Å²) in [5, 5.41) is 9.09. The summed E-state index contributed by atoms with van der Waals surface area (Å²) in [7, 11) is 3.65. The maximum absolute atomic E-state index is 11.1. The third-order valence-electron chi connectivity index (χ3n) is 3.70. The van der Waals surface area contributed by atoms with Crippen molar-refractivity contribution in [3.8, 4) is 11.5 Å². The van der Waals surface area contributed by atoms with Gasteiger partial charge in [-0.25, -0.2) is 0 Å². The molecule has 1 fully saturated rings. The van der Waals surface area contributed by atoms with Gasteiger partial charge in [0.25, 0.3) is 0 Å². The summed E-state index contributed by atoms with van der Waals surface area (Å²) in [6, 6.07) is 5.31. The lowest BCUT2D eigenvalue weighted by Crippen LogP contribution is -2.21. The first-order valence-electron chi connectivity index (χ1n) is 6.77. The number of carboxylic acid groups (broad SMARTS) is 1. The standard InChI is InChI=1S/C15H21NO4/c1-10(15(17)18)11-4-5-13(19-3)14(8-11)20-12-6-7-16(2)9-12/h4-5,8,10,12H,6-7,9H2,1-3H3,(H,17,18). The fraction of sp³-hybridized carbons (Fsp3) is 0.533. The zero-order valence-electron chi connectivity index (χ0n) is 12.1. The van der Waals surface area contributed by atoms with Crippen LogP contribution in [0.15, 0.2) is 18.2 Å². The second kappa shape index (κ2) is 6.13. The van der Waals surface area contributed by atoms with Crippen molar-refractivity contribution in [2.75, 3.05) is 27.2 Å². The van der Waals surface area contributed by atoms with E-state index in [1.807, 2.05) is 0 Å². The van der Waals surface area contributed by atoms with E-state index in [1.54, 1.807) is 32.2 Å². The third kappa shape index (κ3) is 3.22. The topological polar surface area (TPSA) is 59.0 Å². The monoisotopic (exact) mass is 279 g/mol. The second-order valence-electron chi connectivity index (χ2n) is 5.26. The molecular formula is C15H21NO4. The highest BCUT2D eigenvalue weighted by Gasteiger charge is 2.23. The van der Waals surface area contributed by atoms with Crippen LogP contribution in [0.2, 0.25) is 0 Å². The van der Waals surface area contributed by atoms with Crippen molar-refractivity contribution in [3.05, 3.63) is 23.8 Å². The number of likely N-dealkylation sites (N-methyl/N-ethyl adjacent to an activating group) is 1. The Labute approximate surface area is 119 Å². The van der Waals surface area contributed by atoms with Crippen molar-refractivity contribution in [2.24, 2.45) is 0 Å². The van der Waals surface area contributed by atoms with Gasteiger partial charge in [0.1, 0.15) is 6.10 Å². The van der Waals surface area contributed by atoms with E-state index in [-0.39, 0.29) is 6.10 Å². The molecule has 20 heavy (non-hydrogen) atoms. The van der Waals surface area contributed by atoms with E-state index in [0.717, 1.165) is 25.1 Å². The van der Waals surface area contributed by atoms with Crippen LogP contribution < -0.4 is 9.47 Å². The van der Waals surface area contributed by atoms with Gasteiger partial charge in [-0.1, -0.05) is 6.07 Å². The van der Waals surface area contributed by atoms with Gasteiger partial charge in [-0.3, -0.25) is 4.79 Å². The highest BCUT2D eigenvalue weighted by Crippen LogP contribution is 2.32. The van der Waals surface area contributed by atoms with Gasteiger partial charge in [0.05, 0.1) is 13.0 Å². The molecule has 0 amide bonds. The van der Waals surface area contributed by atoms with E-state index in [9.17, 15) is 4.79 Å². The zero-order chi connectivity index (χ0) is 14.7. The molecule has 1 aliphatic heterocycles. The first-order valence-corrected chi connectivity index (χ1v) is 6.77. The van der Waals surface area contributed by atoms with Crippen LogP contribution in [0, 0.1) is 0 Å². The molecule has 0 aliphatic carbocycles. The summed E-state index contributed by atoms with van der Waals surface area (Å²) >= 11 is 0. The lowest BCUT2D eigenvalue weighted by molar-refractivity contribution is -0.138. The van der Waals surface area contributed by atoms with Gasteiger partial charge >= 0.3 is 5.97 Å². The summed E-state index contributed by atoms with van der Waals surface area (Å²) < 4.78 is 11.3. The van der Waals surface area contributed by atoms with E-state index >= 15 is 0 Å². The van der Waals surface area contributed by atoms with Gasteiger partial charge in [0.15, 0.2) is 11.5 Å². The predicted molar refractivity (Wildman–Crippen MR) is 75.6 cm³/mol. The number of carboxylic acids is 1. The Morgan fingerprint density at radius 3 is 2.75 bits per heavy atom. The van der Waals surface area contributed by atoms with Gasteiger partial charge in [0.2, 0.25) is 0 Å². The number of nitrogens with zero attached hydrogens (tertiary/aromatic N) is 1. The third-order valence-corrected chi connectivity index (χ3v) is 3.70. The predicted octanol–water partition coefficient (Wildman–Crippen LogP) is 1.97. The van der Waals surface area contributed by atoms with Crippen LogP contribution in [0.1, 0.15) is 24.8 Å². The van der Waals surface area contributed by atoms with E-state index in [2.05, 4.69) is 11.9 Å². The molecule has 1 saturated heterocycles. The van der Waals surface area contributed by atoms with Gasteiger partial charge in [-0.15, -0.1) is 0 Å². The number of aliphatic carboxylic acids is 1. The van der Waals surface area contributed by atoms with E-state index < -0.39 is 11.9 Å². The summed E-state index contributed by atoms with van der Waals surface area (Å²) in [4.78, 5) is 13.3. The van der Waals surface area contributed by atoms with Gasteiger partial charge in [-0.05, 0) is 38.1 Å². The Kier molecular flexibility index (Phi) is 4.49. The van der Waals surface area contributed by atoms with Crippen molar-refractivity contribution in [2.45, 2.75) is 25.4 Å². The highest BCUT2D eigenvalue weighted by atomic mass is 16.5. The average Bonchev–Trinajstić information content (AvgIpc) is 2.83. The molecule has 2 atom stereocenters. The van der Waals surface area contributed by atoms with E-state index in [4.69, 9.17) is 14.6 Å². The molecule has 0 aromatic heterocycles. The van der Waals surface area contributed by atoms with Crippen molar-refractivity contribution in [1.82, 2.24) is 4.90 Å². The Morgan fingerprint density at radius 2 is 2.20 bits per heavy atom. The number of carbonyl (C=O) groups is 1. The smallest absolute Gasteiger partial charge is 0.310 e. The minimum atomic E-state index is -0.846. The van der Waals surface area contributed by atoms with Crippen LogP contribution in [0.3, 0.4) is 0 Å². The van der Waals surface area contributed by atoms with Crippen LogP contribution in [-0.4, -0.2) is 49.3 Å². The van der Waals surface area contributed by atoms with Crippen LogP contribution in [-0.2, 0) is 4.79 Å². The number of hydrogen-bond donors (Lipinski definition) is 1. The van der Waals surface area contributed by atoms with Crippen LogP contribution >= 0.6 is 0 Å². The molecule has 0 spiro atoms. The van der Waals surface area contributed by atoms with Crippen LogP contribution in [0.4, 0.5) is 0 Å². The maximum atomic E-state index is 11.1. The first kappa shape index (κ1) is 14.7. The molecule has 1 aromatic rings. The normalized spacial score (nSPS) is 20.6. The van der Waals surface area contributed by atoms with E-state index in [0.29, 0.717) is 11.5 Å². The molecule has 1 aliphatic rings. The average molecular weight is 279 g/mol. The zero-order valence-corrected chi connectivity index (χ0v) is 12.1. The number of likely N-dealkylation sites (tertiary alicyclic amines) is 1. The molecule has 1 aromatic carbocycles. The lowest BCUT2D eigenvalue weighted by Gasteiger charge is -2.18. The van der Waals surface area contributed by atoms with Gasteiger partial charge in [-0.2, -0.15) is 0 Å². The molecule has 1 N–H and O–H groups in total. The first-order chi connectivity index (χ1) is 9.51. The Bertz CT molecular complexity index is 489. The molecule has 5 nitrogen and oxygen atoms in total. The molecule has 1 heterocycles. The van der Waals surface area contributed by atoms with Crippen molar-refractivity contribution in [1.29, 1.82) is 0 Å². The Balaban J connectivity index is 2.20. The molecule has 110 valence electrons. The SMILES string of the molecule is COc1ccc(C(C)C(=O)O)cc1OC1CCN(C)C1. The number of ether oxygens (including phenoxy) is 2. The molecule has 5 heteroatoms. The molecule has 0 saturated carbocycles. The fourth-order valence-electron chi connectivity index (χ4n) is 2.37. The number of hydrogen-bond acceptors (Lipinski definition) is 4. The molecule has 2 unspecified atom stereocenters. The highest BCUT2D eigenvalue weighted by molar-refractivity contribution is 5.75.